The van der Waals surface area contributed by atoms with E-state index in [0.717, 1.165) is 76.8 Å². The van der Waals surface area contributed by atoms with E-state index in [2.05, 4.69) is 44.2 Å². The molecule has 4 rings (SSSR count). The van der Waals surface area contributed by atoms with E-state index >= 15 is 0 Å². The van der Waals surface area contributed by atoms with E-state index in [-0.39, 0.29) is 23.5 Å². The van der Waals surface area contributed by atoms with Gasteiger partial charge in [0, 0.05) is 13.1 Å². The van der Waals surface area contributed by atoms with E-state index in [9.17, 15) is 9.59 Å². The number of rotatable bonds is 14. The maximum Gasteiger partial charge on any atom is 0.327 e. The zero-order chi connectivity index (χ0) is 28.3. The van der Waals surface area contributed by atoms with Crippen molar-refractivity contribution < 1.29 is 14.3 Å². The number of nitrogens with one attached hydrogen (secondary N) is 2. The SMILES string of the molecule is CCCCOc1nc(N)c2[nH]c(=O)n(CC3CCCN(CCCNCc4cccc(CC(=O)OC)c4)CC3)c2n1. The molecule has 11 nitrogen and oxygen atoms in total. The molecule has 1 fully saturated rings. The van der Waals surface area contributed by atoms with Gasteiger partial charge in [-0.15, -0.1) is 0 Å². The molecule has 0 saturated carbocycles. The van der Waals surface area contributed by atoms with Gasteiger partial charge in [-0.25, -0.2) is 4.79 Å². The first-order valence-corrected chi connectivity index (χ1v) is 14.4. The van der Waals surface area contributed by atoms with Gasteiger partial charge in [-0.05, 0) is 75.3 Å². The van der Waals surface area contributed by atoms with Crippen LogP contribution in [0.5, 0.6) is 6.01 Å². The highest BCUT2D eigenvalue weighted by molar-refractivity contribution is 5.81. The smallest absolute Gasteiger partial charge is 0.327 e. The van der Waals surface area contributed by atoms with E-state index < -0.39 is 0 Å². The molecule has 1 saturated heterocycles. The second-order valence-corrected chi connectivity index (χ2v) is 10.6. The van der Waals surface area contributed by atoms with Gasteiger partial charge in [0.15, 0.2) is 11.5 Å². The summed E-state index contributed by atoms with van der Waals surface area (Å²) in [5, 5.41) is 3.52. The first-order chi connectivity index (χ1) is 19.5. The number of benzene rings is 1. The Bertz CT molecular complexity index is 1310. The number of aromatic nitrogens is 4. The molecule has 1 unspecified atom stereocenters. The Kier molecular flexibility index (Phi) is 10.9. The van der Waals surface area contributed by atoms with Crippen molar-refractivity contribution in [2.75, 3.05) is 45.6 Å². The number of fused-ring (bicyclic) bond motifs is 1. The maximum atomic E-state index is 12.8. The minimum Gasteiger partial charge on any atom is -0.469 e. The van der Waals surface area contributed by atoms with Gasteiger partial charge in [0.25, 0.3) is 0 Å². The molecule has 3 aromatic rings. The Balaban J connectivity index is 1.23. The summed E-state index contributed by atoms with van der Waals surface area (Å²) >= 11 is 0. The molecule has 0 aliphatic carbocycles. The molecule has 1 atom stereocenters. The number of hydrogen-bond donors (Lipinski definition) is 3. The number of nitrogen functional groups attached to an aromatic ring is 1. The highest BCUT2D eigenvalue weighted by atomic mass is 16.5. The van der Waals surface area contributed by atoms with Crippen molar-refractivity contribution in [3.05, 3.63) is 45.9 Å². The van der Waals surface area contributed by atoms with E-state index in [4.69, 9.17) is 15.2 Å². The Morgan fingerprint density at radius 1 is 1.20 bits per heavy atom. The van der Waals surface area contributed by atoms with Crippen LogP contribution in [-0.4, -0.2) is 70.3 Å². The number of carbonyl (C=O) groups is 1. The van der Waals surface area contributed by atoms with Crippen LogP contribution in [0.2, 0.25) is 0 Å². The van der Waals surface area contributed by atoms with Crippen molar-refractivity contribution in [3.63, 3.8) is 0 Å². The lowest BCUT2D eigenvalue weighted by atomic mass is 10.0. The van der Waals surface area contributed by atoms with E-state index in [1.165, 1.54) is 12.7 Å². The molecule has 0 bridgehead atoms. The van der Waals surface area contributed by atoms with E-state index in [0.29, 0.717) is 36.7 Å². The molecule has 2 aromatic heterocycles. The predicted molar refractivity (Wildman–Crippen MR) is 155 cm³/mol. The number of esters is 1. The van der Waals surface area contributed by atoms with Crippen molar-refractivity contribution >= 4 is 23.0 Å². The van der Waals surface area contributed by atoms with Crippen molar-refractivity contribution in [3.8, 4) is 6.01 Å². The van der Waals surface area contributed by atoms with Crippen molar-refractivity contribution in [1.82, 2.24) is 29.7 Å². The zero-order valence-corrected chi connectivity index (χ0v) is 23.8. The van der Waals surface area contributed by atoms with Crippen LogP contribution in [-0.2, 0) is 29.0 Å². The van der Waals surface area contributed by atoms with Gasteiger partial charge in [-0.1, -0.05) is 37.6 Å². The van der Waals surface area contributed by atoms with Crippen LogP contribution in [0.3, 0.4) is 0 Å². The van der Waals surface area contributed by atoms with Gasteiger partial charge >= 0.3 is 17.7 Å². The van der Waals surface area contributed by atoms with Crippen LogP contribution in [0.15, 0.2) is 29.1 Å². The average molecular weight is 554 g/mol. The normalized spacial score (nSPS) is 16.2. The second kappa shape index (κ2) is 14.8. The third kappa shape index (κ3) is 8.28. The molecule has 0 spiro atoms. The third-order valence-electron chi connectivity index (χ3n) is 7.46. The first-order valence-electron chi connectivity index (χ1n) is 14.4. The van der Waals surface area contributed by atoms with E-state index in [1.54, 1.807) is 4.57 Å². The molecule has 218 valence electrons. The molecule has 4 N–H and O–H groups in total. The summed E-state index contributed by atoms with van der Waals surface area (Å²) in [4.78, 5) is 38.4. The number of carbonyl (C=O) groups excluding carboxylic acids is 1. The fraction of sp³-hybridized carbons (Fsp3) is 0.586. The summed E-state index contributed by atoms with van der Waals surface area (Å²) in [7, 11) is 1.41. The molecule has 0 radical (unpaired) electrons. The maximum absolute atomic E-state index is 12.8. The summed E-state index contributed by atoms with van der Waals surface area (Å²) in [6.07, 6.45) is 6.47. The van der Waals surface area contributed by atoms with Gasteiger partial charge in [0.05, 0.1) is 20.1 Å². The summed E-state index contributed by atoms with van der Waals surface area (Å²) in [6.45, 7) is 8.04. The monoisotopic (exact) mass is 553 g/mol. The van der Waals surface area contributed by atoms with Crippen LogP contribution < -0.4 is 21.5 Å². The molecule has 1 aliphatic heterocycles. The standard InChI is InChI=1S/C29H43N7O4/c1-3-4-16-40-28-33-26(30)25-27(34-28)36(29(38)32-25)20-21-10-6-13-35(15-11-21)14-7-12-31-19-23-9-5-8-22(17-23)18-24(37)39-2/h5,8-9,17,21,31H,3-4,6-7,10-16,18-20H2,1-2H3,(H,32,38)(H2,30,33,34). The lowest BCUT2D eigenvalue weighted by Gasteiger charge is -2.20. The Morgan fingerprint density at radius 2 is 2.05 bits per heavy atom. The summed E-state index contributed by atoms with van der Waals surface area (Å²) in [5.41, 5.74) is 9.04. The zero-order valence-electron chi connectivity index (χ0n) is 23.8. The topological polar surface area (TPSA) is 140 Å². The number of anilines is 1. The molecule has 0 amide bonds. The Labute approximate surface area is 235 Å². The van der Waals surface area contributed by atoms with Crippen LogP contribution in [0.4, 0.5) is 5.82 Å². The summed E-state index contributed by atoms with van der Waals surface area (Å²) in [5.74, 6) is 0.401. The molecule has 11 heteroatoms. The molecule has 1 aliphatic rings. The van der Waals surface area contributed by atoms with Crippen LogP contribution in [0, 0.1) is 5.92 Å². The number of likely N-dealkylation sites (tertiary alicyclic amines) is 1. The predicted octanol–water partition coefficient (Wildman–Crippen LogP) is 2.88. The summed E-state index contributed by atoms with van der Waals surface area (Å²) < 4.78 is 12.1. The van der Waals surface area contributed by atoms with E-state index in [1.807, 2.05) is 12.1 Å². The van der Waals surface area contributed by atoms with Gasteiger partial charge in [0.2, 0.25) is 0 Å². The van der Waals surface area contributed by atoms with Crippen molar-refractivity contribution in [2.24, 2.45) is 5.92 Å². The third-order valence-corrected chi connectivity index (χ3v) is 7.46. The van der Waals surface area contributed by atoms with Crippen molar-refractivity contribution in [2.45, 2.75) is 65.0 Å². The molecule has 3 heterocycles. The minimum absolute atomic E-state index is 0.204. The lowest BCUT2D eigenvalue weighted by molar-refractivity contribution is -0.139. The second-order valence-electron chi connectivity index (χ2n) is 10.6. The van der Waals surface area contributed by atoms with Crippen LogP contribution in [0.25, 0.3) is 11.2 Å². The van der Waals surface area contributed by atoms with Gasteiger partial charge in [0.1, 0.15) is 5.52 Å². The van der Waals surface area contributed by atoms with Crippen molar-refractivity contribution in [1.29, 1.82) is 0 Å². The fourth-order valence-electron chi connectivity index (χ4n) is 5.21. The largest absolute Gasteiger partial charge is 0.469 e. The highest BCUT2D eigenvalue weighted by Crippen LogP contribution is 2.23. The van der Waals surface area contributed by atoms with Gasteiger partial charge in [-0.2, -0.15) is 9.97 Å². The number of unbranched alkanes of at least 4 members (excludes halogenated alkanes) is 1. The first kappa shape index (κ1) is 29.5. The number of methoxy groups -OCH3 is 1. The molecule has 40 heavy (non-hydrogen) atoms. The van der Waals surface area contributed by atoms with Gasteiger partial charge < -0.3 is 30.4 Å². The number of ether oxygens (including phenoxy) is 2. The number of aromatic amines is 1. The number of hydrogen-bond acceptors (Lipinski definition) is 9. The quantitative estimate of drug-likeness (QED) is 0.203. The summed E-state index contributed by atoms with van der Waals surface area (Å²) in [6, 6.07) is 8.28. The van der Waals surface area contributed by atoms with Gasteiger partial charge in [-0.3, -0.25) is 9.36 Å². The molecular weight excluding hydrogens is 510 g/mol. The van der Waals surface area contributed by atoms with Crippen LogP contribution in [0.1, 0.15) is 56.6 Å². The fourth-order valence-corrected chi connectivity index (χ4v) is 5.21. The lowest BCUT2D eigenvalue weighted by Crippen LogP contribution is -2.29. The average Bonchev–Trinajstić information content (AvgIpc) is 3.10. The number of nitrogens with two attached hydrogens (primary N) is 1. The Hall–Kier alpha value is -3.44. The minimum atomic E-state index is -0.224. The number of H-pyrrole nitrogens is 1. The number of imidazole rings is 1. The number of nitrogens with zero attached hydrogens (tertiary/aromatic N) is 4. The highest BCUT2D eigenvalue weighted by Gasteiger charge is 2.21. The molecule has 1 aromatic carbocycles. The molecular formula is C29H43N7O4. The Morgan fingerprint density at radius 3 is 2.88 bits per heavy atom. The van der Waals surface area contributed by atoms with Crippen LogP contribution >= 0.6 is 0 Å².